The van der Waals surface area contributed by atoms with E-state index in [0.29, 0.717) is 33.4 Å². The molecule has 3 aromatic carbocycles. The molecular weight excluding hydrogens is 544 g/mol. The first-order valence-electron chi connectivity index (χ1n) is 9.71. The number of hydrogen-bond acceptors (Lipinski definition) is 5. The highest BCUT2D eigenvalue weighted by Gasteiger charge is 2.34. The summed E-state index contributed by atoms with van der Waals surface area (Å²) in [6.07, 6.45) is 1.70. The van der Waals surface area contributed by atoms with Gasteiger partial charge in [0, 0.05) is 20.6 Å². The van der Waals surface area contributed by atoms with E-state index in [1.807, 2.05) is 36.4 Å². The summed E-state index contributed by atoms with van der Waals surface area (Å²) in [5.41, 5.74) is 4.67. The third-order valence-corrected chi connectivity index (χ3v) is 6.66. The van der Waals surface area contributed by atoms with Crippen LogP contribution in [-0.4, -0.2) is 21.1 Å². The second-order valence-electron chi connectivity index (χ2n) is 6.92. The molecule has 33 heavy (non-hydrogen) atoms. The zero-order chi connectivity index (χ0) is 23.4. The summed E-state index contributed by atoms with van der Waals surface area (Å²) >= 11 is 15.8. The fourth-order valence-corrected chi connectivity index (χ4v) is 4.64. The van der Waals surface area contributed by atoms with Gasteiger partial charge in [-0.2, -0.15) is 5.01 Å². The summed E-state index contributed by atoms with van der Waals surface area (Å²) in [6.45, 7) is 0.341. The number of nitrogens with one attached hydrogen (secondary N) is 1. The summed E-state index contributed by atoms with van der Waals surface area (Å²) in [6, 6.07) is 21.6. The Kier molecular flexibility index (Phi) is 7.49. The molecule has 3 aromatic rings. The Morgan fingerprint density at radius 1 is 1.12 bits per heavy atom. The van der Waals surface area contributed by atoms with E-state index < -0.39 is 11.8 Å². The zero-order valence-electron chi connectivity index (χ0n) is 17.0. The lowest BCUT2D eigenvalue weighted by atomic mass is 10.1. The molecule has 0 spiro atoms. The summed E-state index contributed by atoms with van der Waals surface area (Å²) in [5, 5.41) is 1.75. The number of benzene rings is 3. The fourth-order valence-electron chi connectivity index (χ4n) is 2.97. The van der Waals surface area contributed by atoms with Gasteiger partial charge >= 0.3 is 0 Å². The van der Waals surface area contributed by atoms with Gasteiger partial charge in [-0.15, -0.1) is 0 Å². The van der Waals surface area contributed by atoms with Gasteiger partial charge < -0.3 is 4.74 Å². The standard InChI is InChI=1S/C24H16BrClN2O3S2/c25-18-8-11-20(31-14-15-6-9-19(26)10-7-15)17(12-18)13-21-23(30)28(24(32)33-21)27-22(29)16-4-2-1-3-5-16/h1-13H,14H2,(H,27,29)/b21-13+. The Bertz CT molecular complexity index is 1250. The van der Waals surface area contributed by atoms with E-state index in [9.17, 15) is 9.59 Å². The predicted molar refractivity (Wildman–Crippen MR) is 139 cm³/mol. The lowest BCUT2D eigenvalue weighted by Gasteiger charge is -2.15. The Balaban J connectivity index is 1.52. The van der Waals surface area contributed by atoms with Gasteiger partial charge in [0.1, 0.15) is 12.4 Å². The van der Waals surface area contributed by atoms with Crippen LogP contribution in [0.15, 0.2) is 82.2 Å². The molecule has 1 N–H and O–H groups in total. The normalized spacial score (nSPS) is 14.6. The summed E-state index contributed by atoms with van der Waals surface area (Å²) in [4.78, 5) is 25.8. The Morgan fingerprint density at radius 2 is 1.85 bits per heavy atom. The van der Waals surface area contributed by atoms with Crippen LogP contribution >= 0.6 is 51.5 Å². The topological polar surface area (TPSA) is 58.6 Å². The molecular formula is C24H16BrClN2O3S2. The first-order valence-corrected chi connectivity index (χ1v) is 12.1. The highest BCUT2D eigenvalue weighted by molar-refractivity contribution is 9.10. The number of carbonyl (C=O) groups is 2. The number of nitrogens with zero attached hydrogens (tertiary/aromatic N) is 1. The van der Waals surface area contributed by atoms with E-state index >= 15 is 0 Å². The molecule has 0 atom stereocenters. The molecule has 0 aromatic heterocycles. The van der Waals surface area contributed by atoms with Crippen molar-refractivity contribution in [3.63, 3.8) is 0 Å². The molecule has 166 valence electrons. The van der Waals surface area contributed by atoms with Gasteiger partial charge in [-0.3, -0.25) is 15.0 Å². The molecule has 4 rings (SSSR count). The minimum atomic E-state index is -0.414. The maximum atomic E-state index is 13.0. The first-order chi connectivity index (χ1) is 15.9. The van der Waals surface area contributed by atoms with Crippen LogP contribution in [-0.2, 0) is 11.4 Å². The van der Waals surface area contributed by atoms with E-state index in [4.69, 9.17) is 28.6 Å². The van der Waals surface area contributed by atoms with Crippen molar-refractivity contribution < 1.29 is 14.3 Å². The van der Waals surface area contributed by atoms with Gasteiger partial charge in [-0.1, -0.05) is 69.6 Å². The average molecular weight is 560 g/mol. The highest BCUT2D eigenvalue weighted by Crippen LogP contribution is 2.34. The summed E-state index contributed by atoms with van der Waals surface area (Å²) in [7, 11) is 0. The zero-order valence-corrected chi connectivity index (χ0v) is 20.9. The molecule has 9 heteroatoms. The van der Waals surface area contributed by atoms with E-state index in [1.165, 1.54) is 0 Å². The predicted octanol–water partition coefficient (Wildman–Crippen LogP) is 6.23. The Labute approximate surface area is 213 Å². The number of rotatable bonds is 6. The Morgan fingerprint density at radius 3 is 2.58 bits per heavy atom. The summed E-state index contributed by atoms with van der Waals surface area (Å²) < 4.78 is 7.07. The van der Waals surface area contributed by atoms with Gasteiger partial charge in [0.25, 0.3) is 11.8 Å². The molecule has 1 heterocycles. The van der Waals surface area contributed by atoms with Crippen LogP contribution in [0.5, 0.6) is 5.75 Å². The molecule has 2 amide bonds. The van der Waals surface area contributed by atoms with Gasteiger partial charge in [0.05, 0.1) is 4.91 Å². The van der Waals surface area contributed by atoms with Crippen LogP contribution in [0.25, 0.3) is 6.08 Å². The molecule has 1 aliphatic rings. The maximum absolute atomic E-state index is 13.0. The van der Waals surface area contributed by atoms with Gasteiger partial charge in [-0.05, 0) is 66.3 Å². The number of amides is 2. The lowest BCUT2D eigenvalue weighted by molar-refractivity contribution is -0.123. The molecule has 5 nitrogen and oxygen atoms in total. The third-order valence-electron chi connectivity index (χ3n) is 4.61. The summed E-state index contributed by atoms with van der Waals surface area (Å²) in [5.74, 6) is -0.216. The molecule has 0 bridgehead atoms. The van der Waals surface area contributed by atoms with Crippen LogP contribution < -0.4 is 10.2 Å². The van der Waals surface area contributed by atoms with Crippen LogP contribution in [0.2, 0.25) is 5.02 Å². The molecule has 1 aliphatic heterocycles. The minimum Gasteiger partial charge on any atom is -0.488 e. The van der Waals surface area contributed by atoms with Gasteiger partial charge in [-0.25, -0.2) is 0 Å². The van der Waals surface area contributed by atoms with E-state index in [0.717, 1.165) is 26.8 Å². The van der Waals surface area contributed by atoms with E-state index in [1.54, 1.807) is 42.5 Å². The number of thiocarbonyl (C=S) groups is 1. The second-order valence-corrected chi connectivity index (χ2v) is 9.95. The largest absolute Gasteiger partial charge is 0.488 e. The van der Waals surface area contributed by atoms with Crippen LogP contribution in [0.3, 0.4) is 0 Å². The number of carbonyl (C=O) groups excluding carboxylic acids is 2. The number of halogens is 2. The van der Waals surface area contributed by atoms with Crippen molar-refractivity contribution in [1.82, 2.24) is 10.4 Å². The lowest BCUT2D eigenvalue weighted by Crippen LogP contribution is -2.44. The van der Waals surface area contributed by atoms with Crippen LogP contribution in [0, 0.1) is 0 Å². The van der Waals surface area contributed by atoms with E-state index in [-0.39, 0.29) is 4.32 Å². The number of hydrogen-bond donors (Lipinski definition) is 1. The van der Waals surface area contributed by atoms with Crippen molar-refractivity contribution >= 4 is 73.7 Å². The monoisotopic (exact) mass is 558 g/mol. The van der Waals surface area contributed by atoms with Crippen LogP contribution in [0.1, 0.15) is 21.5 Å². The molecule has 0 aliphatic carbocycles. The van der Waals surface area contributed by atoms with Crippen molar-refractivity contribution in [3.05, 3.63) is 104 Å². The van der Waals surface area contributed by atoms with E-state index in [2.05, 4.69) is 21.4 Å². The smallest absolute Gasteiger partial charge is 0.285 e. The van der Waals surface area contributed by atoms with Crippen molar-refractivity contribution in [2.45, 2.75) is 6.61 Å². The maximum Gasteiger partial charge on any atom is 0.285 e. The number of thioether (sulfide) groups is 1. The third kappa shape index (κ3) is 5.83. The van der Waals surface area contributed by atoms with Crippen molar-refractivity contribution in [2.75, 3.05) is 0 Å². The van der Waals surface area contributed by atoms with Crippen molar-refractivity contribution in [1.29, 1.82) is 0 Å². The SMILES string of the molecule is O=C(NN1C(=O)/C(=C\c2cc(Br)ccc2OCc2ccc(Cl)cc2)SC1=S)c1ccccc1. The first kappa shape index (κ1) is 23.5. The quantitative estimate of drug-likeness (QED) is 0.287. The van der Waals surface area contributed by atoms with Crippen LogP contribution in [0.4, 0.5) is 0 Å². The van der Waals surface area contributed by atoms with Crippen molar-refractivity contribution in [3.8, 4) is 5.75 Å². The fraction of sp³-hybridized carbons (Fsp3) is 0.0417. The molecule has 1 saturated heterocycles. The molecule has 1 fully saturated rings. The average Bonchev–Trinajstić information content (AvgIpc) is 3.07. The number of hydrazine groups is 1. The highest BCUT2D eigenvalue weighted by atomic mass is 79.9. The molecule has 0 saturated carbocycles. The Hall–Kier alpha value is -2.65. The second kappa shape index (κ2) is 10.5. The molecule has 0 unspecified atom stereocenters. The van der Waals surface area contributed by atoms with Gasteiger partial charge in [0.15, 0.2) is 4.32 Å². The molecule has 0 radical (unpaired) electrons. The van der Waals surface area contributed by atoms with Crippen molar-refractivity contribution in [2.24, 2.45) is 0 Å². The van der Waals surface area contributed by atoms with Gasteiger partial charge in [0.2, 0.25) is 0 Å². The minimum absolute atomic E-state index is 0.245. The number of ether oxygens (including phenoxy) is 1.